The summed E-state index contributed by atoms with van der Waals surface area (Å²) in [7, 11) is 0. The zero-order valence-electron chi connectivity index (χ0n) is 10.5. The molecule has 0 aliphatic heterocycles. The van der Waals surface area contributed by atoms with Crippen molar-refractivity contribution in [2.75, 3.05) is 6.54 Å². The van der Waals surface area contributed by atoms with Crippen molar-refractivity contribution in [1.29, 1.82) is 0 Å². The number of hydrogen-bond acceptors (Lipinski definition) is 3. The van der Waals surface area contributed by atoms with Gasteiger partial charge < -0.3 is 10.4 Å². The van der Waals surface area contributed by atoms with Crippen LogP contribution in [0.5, 0.6) is 0 Å². The van der Waals surface area contributed by atoms with Crippen molar-refractivity contribution >= 4 is 0 Å². The molecule has 0 saturated heterocycles. The lowest BCUT2D eigenvalue weighted by atomic mass is 9.87. The van der Waals surface area contributed by atoms with Crippen LogP contribution < -0.4 is 5.32 Å². The van der Waals surface area contributed by atoms with Gasteiger partial charge >= 0.3 is 0 Å². The Kier molecular flexibility index (Phi) is 4.51. The second-order valence-corrected chi connectivity index (χ2v) is 5.16. The number of aliphatic hydroxyl groups excluding tert-OH is 1. The molecule has 0 amide bonds. The molecule has 94 valence electrons. The Morgan fingerprint density at radius 2 is 1.94 bits per heavy atom. The van der Waals surface area contributed by atoms with Crippen molar-refractivity contribution in [3.63, 3.8) is 0 Å². The van der Waals surface area contributed by atoms with E-state index in [0.29, 0.717) is 12.6 Å². The highest BCUT2D eigenvalue weighted by molar-refractivity contribution is 5.13. The average molecular weight is 234 g/mol. The first-order chi connectivity index (χ1) is 8.25. The van der Waals surface area contributed by atoms with E-state index >= 15 is 0 Å². The third-order valence-corrected chi connectivity index (χ3v) is 3.71. The summed E-state index contributed by atoms with van der Waals surface area (Å²) in [5, 5.41) is 13.5. The van der Waals surface area contributed by atoms with Gasteiger partial charge in [0.25, 0.3) is 0 Å². The van der Waals surface area contributed by atoms with Crippen molar-refractivity contribution in [2.45, 2.75) is 44.8 Å². The van der Waals surface area contributed by atoms with E-state index in [-0.39, 0.29) is 0 Å². The largest absolute Gasteiger partial charge is 0.387 e. The van der Waals surface area contributed by atoms with Crippen LogP contribution in [0.2, 0.25) is 0 Å². The van der Waals surface area contributed by atoms with E-state index in [1.54, 1.807) is 12.4 Å². The van der Waals surface area contributed by atoms with Crippen LogP contribution in [0, 0.1) is 5.92 Å². The number of hydrogen-bond donors (Lipinski definition) is 2. The van der Waals surface area contributed by atoms with E-state index in [4.69, 9.17) is 0 Å². The van der Waals surface area contributed by atoms with Gasteiger partial charge in [-0.2, -0.15) is 0 Å². The molecule has 1 aliphatic carbocycles. The lowest BCUT2D eigenvalue weighted by molar-refractivity contribution is 0.163. The first kappa shape index (κ1) is 12.5. The second-order valence-electron chi connectivity index (χ2n) is 5.16. The molecule has 0 radical (unpaired) electrons. The first-order valence-electron chi connectivity index (χ1n) is 6.57. The zero-order valence-corrected chi connectivity index (χ0v) is 10.5. The summed E-state index contributed by atoms with van der Waals surface area (Å²) in [4.78, 5) is 3.95. The topological polar surface area (TPSA) is 45.1 Å². The van der Waals surface area contributed by atoms with Gasteiger partial charge in [-0.15, -0.1) is 0 Å². The van der Waals surface area contributed by atoms with Gasteiger partial charge in [0.15, 0.2) is 0 Å². The van der Waals surface area contributed by atoms with Crippen LogP contribution in [0.15, 0.2) is 24.5 Å². The number of nitrogens with one attached hydrogen (secondary N) is 1. The van der Waals surface area contributed by atoms with Crippen molar-refractivity contribution < 1.29 is 5.11 Å². The monoisotopic (exact) mass is 234 g/mol. The van der Waals surface area contributed by atoms with Gasteiger partial charge in [-0.3, -0.25) is 4.98 Å². The van der Waals surface area contributed by atoms with E-state index in [9.17, 15) is 5.11 Å². The number of nitrogens with zero attached hydrogens (tertiary/aromatic N) is 1. The Labute approximate surface area is 103 Å². The van der Waals surface area contributed by atoms with Crippen LogP contribution >= 0.6 is 0 Å². The maximum Gasteiger partial charge on any atom is 0.0915 e. The van der Waals surface area contributed by atoms with E-state index in [1.807, 2.05) is 12.1 Å². The van der Waals surface area contributed by atoms with Gasteiger partial charge in [-0.1, -0.05) is 6.92 Å². The van der Waals surface area contributed by atoms with Crippen molar-refractivity contribution in [1.82, 2.24) is 10.3 Å². The Morgan fingerprint density at radius 1 is 1.29 bits per heavy atom. The van der Waals surface area contributed by atoms with Crippen LogP contribution in [0.25, 0.3) is 0 Å². The molecule has 2 rings (SSSR count). The molecule has 1 aromatic rings. The molecule has 0 bridgehead atoms. The molecular formula is C14H22N2O. The molecule has 1 aromatic heterocycles. The van der Waals surface area contributed by atoms with E-state index in [1.165, 1.54) is 25.7 Å². The first-order valence-corrected chi connectivity index (χ1v) is 6.57. The van der Waals surface area contributed by atoms with Crippen molar-refractivity contribution in [3.8, 4) is 0 Å². The van der Waals surface area contributed by atoms with Crippen molar-refractivity contribution in [2.24, 2.45) is 5.92 Å². The standard InChI is InChI=1S/C14H22N2O/c1-11-2-4-13(5-3-11)16-10-14(17)12-6-8-15-9-7-12/h6-9,11,13-14,16-17H,2-5,10H2,1H3. The summed E-state index contributed by atoms with van der Waals surface area (Å²) in [6.07, 6.45) is 8.12. The molecule has 1 heterocycles. The summed E-state index contributed by atoms with van der Waals surface area (Å²) < 4.78 is 0. The van der Waals surface area contributed by atoms with E-state index in [0.717, 1.165) is 11.5 Å². The molecule has 3 nitrogen and oxygen atoms in total. The fourth-order valence-corrected chi connectivity index (χ4v) is 2.45. The lowest BCUT2D eigenvalue weighted by Gasteiger charge is -2.27. The minimum absolute atomic E-state index is 0.419. The normalized spacial score (nSPS) is 26.7. The van der Waals surface area contributed by atoms with Crippen LogP contribution in [0.1, 0.15) is 44.3 Å². The molecule has 3 heteroatoms. The third-order valence-electron chi connectivity index (χ3n) is 3.71. The second kappa shape index (κ2) is 6.12. The Hall–Kier alpha value is -0.930. The van der Waals surface area contributed by atoms with Crippen LogP contribution in [0.4, 0.5) is 0 Å². The summed E-state index contributed by atoms with van der Waals surface area (Å²) in [6, 6.07) is 4.33. The van der Waals surface area contributed by atoms with Gasteiger partial charge in [0.05, 0.1) is 6.10 Å². The highest BCUT2D eigenvalue weighted by Crippen LogP contribution is 2.23. The summed E-state index contributed by atoms with van der Waals surface area (Å²) >= 11 is 0. The highest BCUT2D eigenvalue weighted by atomic mass is 16.3. The summed E-state index contributed by atoms with van der Waals surface area (Å²) in [5.74, 6) is 0.873. The maximum absolute atomic E-state index is 10.0. The maximum atomic E-state index is 10.0. The minimum Gasteiger partial charge on any atom is -0.387 e. The molecule has 17 heavy (non-hydrogen) atoms. The van der Waals surface area contributed by atoms with Crippen molar-refractivity contribution in [3.05, 3.63) is 30.1 Å². The third kappa shape index (κ3) is 3.79. The minimum atomic E-state index is -0.419. The summed E-state index contributed by atoms with van der Waals surface area (Å²) in [5.41, 5.74) is 0.941. The van der Waals surface area contributed by atoms with Gasteiger partial charge in [-0.25, -0.2) is 0 Å². The SMILES string of the molecule is CC1CCC(NCC(O)c2ccncc2)CC1. The highest BCUT2D eigenvalue weighted by Gasteiger charge is 2.18. The average Bonchev–Trinajstić information content (AvgIpc) is 2.39. The smallest absolute Gasteiger partial charge is 0.0915 e. The van der Waals surface area contributed by atoms with Gasteiger partial charge in [-0.05, 0) is 49.3 Å². The fourth-order valence-electron chi connectivity index (χ4n) is 2.45. The number of aromatic nitrogens is 1. The van der Waals surface area contributed by atoms with Gasteiger partial charge in [0, 0.05) is 25.0 Å². The van der Waals surface area contributed by atoms with Crippen LogP contribution in [-0.4, -0.2) is 22.7 Å². The van der Waals surface area contributed by atoms with Crippen LogP contribution in [-0.2, 0) is 0 Å². The molecule has 1 saturated carbocycles. The molecular weight excluding hydrogens is 212 g/mol. The fraction of sp³-hybridized carbons (Fsp3) is 0.643. The zero-order chi connectivity index (χ0) is 12.1. The number of aliphatic hydroxyl groups is 1. The molecule has 1 aliphatic rings. The lowest BCUT2D eigenvalue weighted by Crippen LogP contribution is -2.35. The van der Waals surface area contributed by atoms with E-state index in [2.05, 4.69) is 17.2 Å². The molecule has 1 unspecified atom stereocenters. The quantitative estimate of drug-likeness (QED) is 0.840. The Morgan fingerprint density at radius 3 is 2.59 bits per heavy atom. The molecule has 1 fully saturated rings. The molecule has 0 spiro atoms. The van der Waals surface area contributed by atoms with E-state index < -0.39 is 6.10 Å². The number of pyridine rings is 1. The molecule has 1 atom stereocenters. The Bertz CT molecular complexity index is 320. The van der Waals surface area contributed by atoms with Gasteiger partial charge in [0.2, 0.25) is 0 Å². The predicted molar refractivity (Wildman–Crippen MR) is 68.6 cm³/mol. The molecule has 2 N–H and O–H groups in total. The number of rotatable bonds is 4. The predicted octanol–water partition coefficient (Wildman–Crippen LogP) is 2.28. The summed E-state index contributed by atoms with van der Waals surface area (Å²) in [6.45, 7) is 2.96. The Balaban J connectivity index is 1.75. The van der Waals surface area contributed by atoms with Gasteiger partial charge in [0.1, 0.15) is 0 Å². The van der Waals surface area contributed by atoms with Crippen LogP contribution in [0.3, 0.4) is 0 Å². The molecule has 0 aromatic carbocycles.